The molecule has 2 N–H and O–H groups in total. The van der Waals surface area contributed by atoms with Gasteiger partial charge < -0.3 is 10.5 Å². The summed E-state index contributed by atoms with van der Waals surface area (Å²) in [6, 6.07) is 9.42. The molecule has 88 valence electrons. The van der Waals surface area contributed by atoms with Crippen LogP contribution in [0.4, 0.5) is 10.1 Å². The van der Waals surface area contributed by atoms with E-state index < -0.39 is 5.82 Å². The molecule has 2 nitrogen and oxygen atoms in total. The molecule has 2 rings (SSSR count). The number of benzene rings is 2. The lowest BCUT2D eigenvalue weighted by molar-refractivity contribution is 0.478. The number of halogens is 3. The van der Waals surface area contributed by atoms with Gasteiger partial charge in [0.05, 0.1) is 10.2 Å². The second-order valence-electron chi connectivity index (χ2n) is 3.36. The van der Waals surface area contributed by atoms with Crippen molar-refractivity contribution in [3.8, 4) is 11.5 Å². The molecule has 0 bridgehead atoms. The van der Waals surface area contributed by atoms with Crippen LogP contribution in [-0.4, -0.2) is 0 Å². The van der Waals surface area contributed by atoms with Gasteiger partial charge in [0, 0.05) is 11.1 Å². The van der Waals surface area contributed by atoms with Gasteiger partial charge in [0.1, 0.15) is 11.6 Å². The minimum Gasteiger partial charge on any atom is -0.455 e. The maximum absolute atomic E-state index is 13.3. The summed E-state index contributed by atoms with van der Waals surface area (Å²) in [5.74, 6) is 0.388. The zero-order valence-corrected chi connectivity index (χ0v) is 10.9. The Morgan fingerprint density at radius 1 is 1.18 bits per heavy atom. The van der Waals surface area contributed by atoms with Gasteiger partial charge in [-0.1, -0.05) is 11.6 Å². The predicted octanol–water partition coefficient (Wildman–Crippen LogP) is 4.62. The van der Waals surface area contributed by atoms with Crippen LogP contribution in [0.1, 0.15) is 0 Å². The third kappa shape index (κ3) is 2.90. The number of hydrogen-bond acceptors (Lipinski definition) is 2. The molecule has 0 saturated carbocycles. The van der Waals surface area contributed by atoms with Gasteiger partial charge in [0.15, 0.2) is 5.75 Å². The van der Waals surface area contributed by atoms with Crippen molar-refractivity contribution in [2.45, 2.75) is 0 Å². The molecule has 0 radical (unpaired) electrons. The molecule has 0 saturated heterocycles. The number of rotatable bonds is 2. The lowest BCUT2D eigenvalue weighted by atomic mass is 10.3. The number of nitrogen functional groups attached to an aromatic ring is 1. The van der Waals surface area contributed by atoms with E-state index in [1.807, 2.05) is 0 Å². The molecule has 0 aliphatic heterocycles. The van der Waals surface area contributed by atoms with Crippen molar-refractivity contribution in [2.75, 3.05) is 5.73 Å². The van der Waals surface area contributed by atoms with Crippen LogP contribution < -0.4 is 10.5 Å². The second kappa shape index (κ2) is 4.94. The van der Waals surface area contributed by atoms with Gasteiger partial charge in [-0.25, -0.2) is 4.39 Å². The molecule has 0 unspecified atom stereocenters. The van der Waals surface area contributed by atoms with Crippen LogP contribution in [0.5, 0.6) is 11.5 Å². The zero-order chi connectivity index (χ0) is 12.4. The summed E-state index contributed by atoms with van der Waals surface area (Å²) in [6.45, 7) is 0. The number of hydrogen-bond donors (Lipinski definition) is 1. The molecule has 0 aromatic heterocycles. The first-order valence-corrected chi connectivity index (χ1v) is 5.91. The molecule has 0 atom stereocenters. The molecule has 0 spiro atoms. The molecule has 5 heteroatoms. The molecule has 17 heavy (non-hydrogen) atoms. The van der Waals surface area contributed by atoms with Gasteiger partial charge in [-0.2, -0.15) is 0 Å². The van der Waals surface area contributed by atoms with Crippen LogP contribution in [0.2, 0.25) is 5.02 Å². The van der Waals surface area contributed by atoms with Crippen molar-refractivity contribution in [3.63, 3.8) is 0 Å². The smallest absolute Gasteiger partial charge is 0.153 e. The standard InChI is InChI=1S/C12H8BrClFNO/c13-9-5-11(16)12(6-10(9)15)17-8-3-1-7(14)2-4-8/h1-6H,16H2. The van der Waals surface area contributed by atoms with E-state index in [2.05, 4.69) is 15.9 Å². The minimum atomic E-state index is -0.428. The van der Waals surface area contributed by atoms with Gasteiger partial charge >= 0.3 is 0 Å². The summed E-state index contributed by atoms with van der Waals surface area (Å²) in [5, 5.41) is 0.604. The van der Waals surface area contributed by atoms with E-state index in [9.17, 15) is 4.39 Å². The Hall–Kier alpha value is -1.26. The summed E-state index contributed by atoms with van der Waals surface area (Å²) >= 11 is 8.79. The van der Waals surface area contributed by atoms with Crippen molar-refractivity contribution >= 4 is 33.2 Å². The molecular weight excluding hydrogens is 308 g/mol. The van der Waals surface area contributed by atoms with Gasteiger partial charge in [0.25, 0.3) is 0 Å². The maximum atomic E-state index is 13.3. The fourth-order valence-corrected chi connectivity index (χ4v) is 1.75. The summed E-state index contributed by atoms with van der Waals surface area (Å²) in [5.41, 5.74) is 6.08. The molecule has 2 aromatic carbocycles. The Labute approximate surface area is 111 Å². The van der Waals surface area contributed by atoms with E-state index in [0.29, 0.717) is 20.9 Å². The monoisotopic (exact) mass is 315 g/mol. The van der Waals surface area contributed by atoms with Crippen molar-refractivity contribution in [1.82, 2.24) is 0 Å². The van der Waals surface area contributed by atoms with E-state index >= 15 is 0 Å². The van der Waals surface area contributed by atoms with E-state index in [1.54, 1.807) is 24.3 Å². The highest BCUT2D eigenvalue weighted by Gasteiger charge is 2.08. The topological polar surface area (TPSA) is 35.2 Å². The Morgan fingerprint density at radius 2 is 1.82 bits per heavy atom. The SMILES string of the molecule is Nc1cc(Br)c(F)cc1Oc1ccc(Cl)cc1. The molecular formula is C12H8BrClFNO. The number of ether oxygens (including phenoxy) is 1. The Morgan fingerprint density at radius 3 is 2.47 bits per heavy atom. The van der Waals surface area contributed by atoms with E-state index in [1.165, 1.54) is 12.1 Å². The van der Waals surface area contributed by atoms with Crippen LogP contribution in [0.3, 0.4) is 0 Å². The van der Waals surface area contributed by atoms with Crippen LogP contribution in [0.25, 0.3) is 0 Å². The summed E-state index contributed by atoms with van der Waals surface area (Å²) in [4.78, 5) is 0. The molecule has 0 aliphatic rings. The highest BCUT2D eigenvalue weighted by molar-refractivity contribution is 9.10. The third-order valence-electron chi connectivity index (χ3n) is 2.09. The zero-order valence-electron chi connectivity index (χ0n) is 8.58. The van der Waals surface area contributed by atoms with Gasteiger partial charge in [-0.05, 0) is 46.3 Å². The van der Waals surface area contributed by atoms with Crippen LogP contribution in [-0.2, 0) is 0 Å². The second-order valence-corrected chi connectivity index (χ2v) is 4.65. The predicted molar refractivity (Wildman–Crippen MR) is 70.0 cm³/mol. The van der Waals surface area contributed by atoms with Crippen molar-refractivity contribution in [3.05, 3.63) is 51.7 Å². The first-order valence-electron chi connectivity index (χ1n) is 4.74. The number of anilines is 1. The van der Waals surface area contributed by atoms with Crippen LogP contribution in [0, 0.1) is 5.82 Å². The van der Waals surface area contributed by atoms with E-state index in [4.69, 9.17) is 22.1 Å². The molecule has 0 amide bonds. The minimum absolute atomic E-state index is 0.271. The molecule has 2 aromatic rings. The summed E-state index contributed by atoms with van der Waals surface area (Å²) in [7, 11) is 0. The Bertz CT molecular complexity index is 545. The average Bonchev–Trinajstić information content (AvgIpc) is 2.29. The highest BCUT2D eigenvalue weighted by Crippen LogP contribution is 2.32. The van der Waals surface area contributed by atoms with Gasteiger partial charge in [0.2, 0.25) is 0 Å². The summed E-state index contributed by atoms with van der Waals surface area (Å²) < 4.78 is 19.1. The lowest BCUT2D eigenvalue weighted by Crippen LogP contribution is -1.93. The first kappa shape index (κ1) is 12.2. The molecule has 0 heterocycles. The summed E-state index contributed by atoms with van der Waals surface area (Å²) in [6.07, 6.45) is 0. The quantitative estimate of drug-likeness (QED) is 0.821. The normalized spacial score (nSPS) is 10.3. The first-order chi connectivity index (χ1) is 8.06. The Kier molecular flexibility index (Phi) is 3.54. The van der Waals surface area contributed by atoms with Crippen LogP contribution >= 0.6 is 27.5 Å². The highest BCUT2D eigenvalue weighted by atomic mass is 79.9. The third-order valence-corrected chi connectivity index (χ3v) is 2.95. The van der Waals surface area contributed by atoms with Crippen molar-refractivity contribution in [2.24, 2.45) is 0 Å². The van der Waals surface area contributed by atoms with Crippen molar-refractivity contribution < 1.29 is 9.13 Å². The molecule has 0 fully saturated rings. The largest absolute Gasteiger partial charge is 0.455 e. The van der Waals surface area contributed by atoms with E-state index in [-0.39, 0.29) is 5.75 Å². The van der Waals surface area contributed by atoms with Crippen molar-refractivity contribution in [1.29, 1.82) is 0 Å². The lowest BCUT2D eigenvalue weighted by Gasteiger charge is -2.09. The number of nitrogens with two attached hydrogens (primary N) is 1. The average molecular weight is 317 g/mol. The van der Waals surface area contributed by atoms with Crippen LogP contribution in [0.15, 0.2) is 40.9 Å². The van der Waals surface area contributed by atoms with Gasteiger partial charge in [-0.3, -0.25) is 0 Å². The van der Waals surface area contributed by atoms with Gasteiger partial charge in [-0.15, -0.1) is 0 Å². The Balaban J connectivity index is 2.30. The fraction of sp³-hybridized carbons (Fsp3) is 0. The van der Waals surface area contributed by atoms with E-state index in [0.717, 1.165) is 0 Å². The fourth-order valence-electron chi connectivity index (χ4n) is 1.26. The molecule has 0 aliphatic carbocycles. The maximum Gasteiger partial charge on any atom is 0.153 e.